The van der Waals surface area contributed by atoms with Gasteiger partial charge in [-0.05, 0) is 29.8 Å². The van der Waals surface area contributed by atoms with Crippen molar-refractivity contribution in [1.82, 2.24) is 20.2 Å². The van der Waals surface area contributed by atoms with Crippen molar-refractivity contribution in [2.45, 2.75) is 26.9 Å². The zero-order chi connectivity index (χ0) is 26.4. The first-order valence-electron chi connectivity index (χ1n) is 12.3. The van der Waals surface area contributed by atoms with Gasteiger partial charge in [-0.2, -0.15) is 5.10 Å². The minimum absolute atomic E-state index is 0.0776. The number of nitrogens with zero attached hydrogens (tertiary/aromatic N) is 3. The van der Waals surface area contributed by atoms with Crippen molar-refractivity contribution in [2.75, 3.05) is 16.0 Å². The van der Waals surface area contributed by atoms with Crippen LogP contribution in [0.4, 0.5) is 21.5 Å². The molecule has 190 valence electrons. The van der Waals surface area contributed by atoms with Crippen LogP contribution >= 0.6 is 0 Å². The summed E-state index contributed by atoms with van der Waals surface area (Å²) in [5.74, 6) is -0.384. The van der Waals surface area contributed by atoms with Gasteiger partial charge in [0.2, 0.25) is 5.91 Å². The lowest BCUT2D eigenvalue weighted by atomic mass is 9.95. The number of fused-ring (bicyclic) bond motifs is 2. The second kappa shape index (κ2) is 8.95. The lowest BCUT2D eigenvalue weighted by Gasteiger charge is -2.17. The summed E-state index contributed by atoms with van der Waals surface area (Å²) in [6.07, 6.45) is 6.47. The summed E-state index contributed by atoms with van der Waals surface area (Å²) in [5, 5.41) is 18.4. The topological polar surface area (TPSA) is 108 Å². The summed E-state index contributed by atoms with van der Waals surface area (Å²) in [5.41, 5.74) is 6.29. The number of anilines is 3. The van der Waals surface area contributed by atoms with Crippen LogP contribution in [0.5, 0.6) is 0 Å². The lowest BCUT2D eigenvalue weighted by molar-refractivity contribution is -0.123. The third kappa shape index (κ3) is 4.21. The van der Waals surface area contributed by atoms with Crippen LogP contribution in [0.1, 0.15) is 32.6 Å². The Hall–Kier alpha value is -4.79. The van der Waals surface area contributed by atoms with Crippen molar-refractivity contribution < 1.29 is 9.18 Å². The van der Waals surface area contributed by atoms with Crippen LogP contribution in [-0.2, 0) is 4.79 Å². The van der Waals surface area contributed by atoms with Gasteiger partial charge < -0.3 is 16.0 Å². The molecule has 6 rings (SSSR count). The fraction of sp³-hybridized carbons (Fsp3) is 0.172. The first-order chi connectivity index (χ1) is 18.3. The van der Waals surface area contributed by atoms with Crippen LogP contribution in [0, 0.1) is 11.2 Å². The van der Waals surface area contributed by atoms with Crippen LogP contribution < -0.4 is 16.0 Å². The van der Waals surface area contributed by atoms with E-state index in [0.29, 0.717) is 16.8 Å². The molecular formula is C29H26FN7O. The Balaban J connectivity index is 1.32. The lowest BCUT2D eigenvalue weighted by Crippen LogP contribution is -2.27. The Morgan fingerprint density at radius 3 is 2.55 bits per heavy atom. The predicted octanol–water partition coefficient (Wildman–Crippen LogP) is 6.35. The quantitative estimate of drug-likeness (QED) is 0.226. The summed E-state index contributed by atoms with van der Waals surface area (Å²) in [6.45, 7) is 5.60. The predicted molar refractivity (Wildman–Crippen MR) is 147 cm³/mol. The van der Waals surface area contributed by atoms with E-state index in [4.69, 9.17) is 0 Å². The maximum Gasteiger partial charge on any atom is 0.229 e. The normalized spacial score (nSPS) is 14.6. The molecule has 5 aromatic rings. The summed E-state index contributed by atoms with van der Waals surface area (Å²) >= 11 is 0. The van der Waals surface area contributed by atoms with Gasteiger partial charge in [-0.25, -0.2) is 4.39 Å². The van der Waals surface area contributed by atoms with Gasteiger partial charge >= 0.3 is 0 Å². The zero-order valence-electron chi connectivity index (χ0n) is 21.1. The monoisotopic (exact) mass is 507 g/mol. The number of amides is 1. The molecule has 1 aliphatic rings. The van der Waals surface area contributed by atoms with Crippen molar-refractivity contribution in [3.63, 3.8) is 0 Å². The molecule has 0 saturated carbocycles. The summed E-state index contributed by atoms with van der Waals surface area (Å²) < 4.78 is 14.6. The molecule has 3 aromatic heterocycles. The molecule has 0 saturated heterocycles. The second-order valence-electron chi connectivity index (χ2n) is 10.3. The van der Waals surface area contributed by atoms with Crippen LogP contribution in [0.25, 0.3) is 33.2 Å². The van der Waals surface area contributed by atoms with E-state index >= 15 is 0 Å². The third-order valence-corrected chi connectivity index (χ3v) is 6.58. The number of hydrogen-bond acceptors (Lipinski definition) is 6. The van der Waals surface area contributed by atoms with Gasteiger partial charge in [0.1, 0.15) is 12.0 Å². The van der Waals surface area contributed by atoms with E-state index in [1.165, 1.54) is 6.07 Å². The number of halogens is 1. The van der Waals surface area contributed by atoms with Gasteiger partial charge in [0.05, 0.1) is 40.7 Å². The molecule has 4 N–H and O–H groups in total. The minimum Gasteiger partial charge on any atom is -0.358 e. The molecule has 0 spiro atoms. The Kier molecular flexibility index (Phi) is 5.56. The molecular weight excluding hydrogens is 481 g/mol. The number of aromatic nitrogens is 4. The van der Waals surface area contributed by atoms with E-state index in [0.717, 1.165) is 39.1 Å². The highest BCUT2D eigenvalue weighted by Crippen LogP contribution is 2.43. The molecule has 0 radical (unpaired) electrons. The van der Waals surface area contributed by atoms with Gasteiger partial charge in [-0.15, -0.1) is 0 Å². The minimum atomic E-state index is -0.513. The molecule has 1 aliphatic heterocycles. The number of carbonyl (C=O) groups excluding carboxylic acids is 1. The van der Waals surface area contributed by atoms with Crippen molar-refractivity contribution >= 4 is 33.9 Å². The van der Waals surface area contributed by atoms with Crippen molar-refractivity contribution in [3.05, 3.63) is 84.8 Å². The smallest absolute Gasteiger partial charge is 0.229 e. The maximum atomic E-state index is 14.6. The van der Waals surface area contributed by atoms with E-state index < -0.39 is 5.41 Å². The summed E-state index contributed by atoms with van der Waals surface area (Å²) in [4.78, 5) is 21.1. The van der Waals surface area contributed by atoms with Gasteiger partial charge in [0, 0.05) is 39.9 Å². The SMILES string of the molecule is CC(C)(C)C(=O)Nc1cncc(-c2ccc3n[nH]c(C4Nc5cncc(-c6ccccc6F)c5N4)c3c2)c1. The number of rotatable bonds is 4. The summed E-state index contributed by atoms with van der Waals surface area (Å²) in [7, 11) is 0. The molecule has 4 heterocycles. The Labute approximate surface area is 218 Å². The van der Waals surface area contributed by atoms with Crippen LogP contribution in [-0.4, -0.2) is 26.1 Å². The molecule has 38 heavy (non-hydrogen) atoms. The van der Waals surface area contributed by atoms with Crippen molar-refractivity contribution in [1.29, 1.82) is 0 Å². The summed E-state index contributed by atoms with van der Waals surface area (Å²) in [6, 6.07) is 14.5. The Morgan fingerprint density at radius 2 is 1.74 bits per heavy atom. The molecule has 8 nitrogen and oxygen atoms in total. The van der Waals surface area contributed by atoms with E-state index in [1.807, 2.05) is 45.0 Å². The highest BCUT2D eigenvalue weighted by molar-refractivity contribution is 5.95. The van der Waals surface area contributed by atoms with Crippen LogP contribution in [0.2, 0.25) is 0 Å². The Bertz CT molecular complexity index is 1690. The van der Waals surface area contributed by atoms with E-state index in [1.54, 1.807) is 43.0 Å². The maximum absolute atomic E-state index is 14.6. The molecule has 0 bridgehead atoms. The van der Waals surface area contributed by atoms with E-state index in [2.05, 4.69) is 36.1 Å². The highest BCUT2D eigenvalue weighted by atomic mass is 19.1. The van der Waals surface area contributed by atoms with E-state index in [-0.39, 0.29) is 17.9 Å². The molecule has 9 heteroatoms. The molecule has 1 amide bonds. The van der Waals surface area contributed by atoms with Gasteiger partial charge in [0.25, 0.3) is 0 Å². The van der Waals surface area contributed by atoms with Gasteiger partial charge in [0.15, 0.2) is 0 Å². The number of benzene rings is 2. The van der Waals surface area contributed by atoms with Gasteiger partial charge in [-0.1, -0.05) is 45.0 Å². The number of nitrogens with one attached hydrogen (secondary N) is 4. The first kappa shape index (κ1) is 23.6. The number of H-pyrrole nitrogens is 1. The second-order valence-corrected chi connectivity index (χ2v) is 10.3. The van der Waals surface area contributed by atoms with Crippen molar-refractivity contribution in [2.24, 2.45) is 5.41 Å². The molecule has 0 aliphatic carbocycles. The number of carbonyl (C=O) groups is 1. The van der Waals surface area contributed by atoms with Crippen LogP contribution in [0.15, 0.2) is 73.3 Å². The highest BCUT2D eigenvalue weighted by Gasteiger charge is 2.28. The van der Waals surface area contributed by atoms with Crippen LogP contribution in [0.3, 0.4) is 0 Å². The average Bonchev–Trinajstić information content (AvgIpc) is 3.52. The first-order valence-corrected chi connectivity index (χ1v) is 12.3. The third-order valence-electron chi connectivity index (χ3n) is 6.58. The fourth-order valence-corrected chi connectivity index (χ4v) is 4.50. The molecule has 2 aromatic carbocycles. The van der Waals surface area contributed by atoms with Gasteiger partial charge in [-0.3, -0.25) is 19.9 Å². The average molecular weight is 508 g/mol. The fourth-order valence-electron chi connectivity index (χ4n) is 4.50. The largest absolute Gasteiger partial charge is 0.358 e. The molecule has 0 fully saturated rings. The Morgan fingerprint density at radius 1 is 0.921 bits per heavy atom. The number of hydrogen-bond donors (Lipinski definition) is 4. The number of aromatic amines is 1. The molecule has 1 unspecified atom stereocenters. The zero-order valence-corrected chi connectivity index (χ0v) is 21.1. The van der Waals surface area contributed by atoms with E-state index in [9.17, 15) is 9.18 Å². The molecule has 1 atom stereocenters. The van der Waals surface area contributed by atoms with Crippen molar-refractivity contribution in [3.8, 4) is 22.3 Å². The number of pyridine rings is 2. The standard InChI is InChI=1S/C29H26FN7O/c1-29(2,3)28(38)33-18-10-17(12-31-13-18)16-8-9-23-20(11-16)26(37-36-23)27-34-24-15-32-14-21(25(24)35-27)19-6-4-5-7-22(19)30/h4-15,27,34-35H,1-3H3,(H,33,38)(H,36,37).